The van der Waals surface area contributed by atoms with Gasteiger partial charge in [-0.05, 0) is 69.9 Å². The first-order valence-corrected chi connectivity index (χ1v) is 9.23. The zero-order valence-corrected chi connectivity index (χ0v) is 16.4. The van der Waals surface area contributed by atoms with E-state index in [0.29, 0.717) is 39.9 Å². The van der Waals surface area contributed by atoms with Crippen LogP contribution in [-0.2, 0) is 6.54 Å². The molecule has 7 nitrogen and oxygen atoms in total. The highest BCUT2D eigenvalue weighted by atomic mass is 79.9. The van der Waals surface area contributed by atoms with Gasteiger partial charge in [-0.1, -0.05) is 0 Å². The van der Waals surface area contributed by atoms with Crippen LogP contribution in [0.5, 0.6) is 11.5 Å². The van der Waals surface area contributed by atoms with Crippen molar-refractivity contribution >= 4 is 44.5 Å². The summed E-state index contributed by atoms with van der Waals surface area (Å²) >= 11 is 3.30. The van der Waals surface area contributed by atoms with Crippen LogP contribution >= 0.6 is 15.9 Å². The standard InChI is InChI=1S/C20H15BrN2O5/c1-28-16-8-10(7-14(21)17(16)24)6-11-4-5-23-18(11)22-15-9-12(20(26)27)2-3-13(15)19(23)25/h2-3,6-9,24H,4-5H2,1H3,(H,26,27)/b11-6-. The Morgan fingerprint density at radius 2 is 2.11 bits per heavy atom. The van der Waals surface area contributed by atoms with Gasteiger partial charge in [-0.15, -0.1) is 0 Å². The quantitative estimate of drug-likeness (QED) is 0.643. The second kappa shape index (κ2) is 6.79. The second-order valence-corrected chi connectivity index (χ2v) is 7.26. The van der Waals surface area contributed by atoms with E-state index in [1.165, 1.54) is 25.3 Å². The number of carboxylic acid groups (broad SMARTS) is 1. The van der Waals surface area contributed by atoms with Gasteiger partial charge >= 0.3 is 5.97 Å². The van der Waals surface area contributed by atoms with Gasteiger partial charge in [0.05, 0.1) is 28.0 Å². The van der Waals surface area contributed by atoms with E-state index in [0.717, 1.165) is 11.1 Å². The minimum atomic E-state index is -1.07. The zero-order chi connectivity index (χ0) is 20.0. The van der Waals surface area contributed by atoms with Crippen LogP contribution < -0.4 is 10.3 Å². The van der Waals surface area contributed by atoms with Crippen molar-refractivity contribution < 1.29 is 19.7 Å². The van der Waals surface area contributed by atoms with Crippen LogP contribution in [0.1, 0.15) is 28.2 Å². The van der Waals surface area contributed by atoms with Crippen molar-refractivity contribution in [3.8, 4) is 11.5 Å². The maximum Gasteiger partial charge on any atom is 0.335 e. The van der Waals surface area contributed by atoms with Crippen molar-refractivity contribution in [1.29, 1.82) is 0 Å². The highest BCUT2D eigenvalue weighted by molar-refractivity contribution is 9.10. The third-order valence-corrected chi connectivity index (χ3v) is 5.31. The number of hydrogen-bond donors (Lipinski definition) is 2. The number of methoxy groups -OCH3 is 1. The number of aromatic hydroxyl groups is 1. The fourth-order valence-electron chi connectivity index (χ4n) is 3.32. The predicted octanol–water partition coefficient (Wildman–Crippen LogP) is 3.52. The summed E-state index contributed by atoms with van der Waals surface area (Å²) in [4.78, 5) is 28.6. The molecule has 0 bridgehead atoms. The number of phenols is 1. The maximum absolute atomic E-state index is 12.8. The summed E-state index contributed by atoms with van der Waals surface area (Å²) in [6, 6.07) is 7.76. The number of nitrogens with zero attached hydrogens (tertiary/aromatic N) is 2. The first-order valence-electron chi connectivity index (χ1n) is 8.44. The van der Waals surface area contributed by atoms with Gasteiger partial charge in [-0.3, -0.25) is 9.36 Å². The van der Waals surface area contributed by atoms with Gasteiger partial charge in [0.1, 0.15) is 5.82 Å². The Labute approximate surface area is 167 Å². The largest absolute Gasteiger partial charge is 0.503 e. The van der Waals surface area contributed by atoms with Gasteiger partial charge in [0, 0.05) is 6.54 Å². The van der Waals surface area contributed by atoms with Crippen molar-refractivity contribution in [2.24, 2.45) is 0 Å². The molecule has 2 aromatic carbocycles. The number of hydrogen-bond acceptors (Lipinski definition) is 5. The average molecular weight is 443 g/mol. The van der Waals surface area contributed by atoms with E-state index in [1.54, 1.807) is 16.7 Å². The minimum Gasteiger partial charge on any atom is -0.503 e. The molecule has 0 saturated carbocycles. The molecule has 8 heteroatoms. The van der Waals surface area contributed by atoms with Crippen LogP contribution in [0, 0.1) is 0 Å². The van der Waals surface area contributed by atoms with Gasteiger partial charge in [-0.2, -0.15) is 0 Å². The number of benzene rings is 2. The third-order valence-electron chi connectivity index (χ3n) is 4.71. The van der Waals surface area contributed by atoms with Crippen molar-refractivity contribution in [1.82, 2.24) is 9.55 Å². The van der Waals surface area contributed by atoms with Gasteiger partial charge in [0.15, 0.2) is 11.5 Å². The predicted molar refractivity (Wildman–Crippen MR) is 108 cm³/mol. The summed E-state index contributed by atoms with van der Waals surface area (Å²) < 4.78 is 7.27. The minimum absolute atomic E-state index is 0.0120. The molecule has 0 saturated heterocycles. The number of rotatable bonds is 3. The molecule has 1 aliphatic rings. The van der Waals surface area contributed by atoms with Crippen LogP contribution in [-0.4, -0.2) is 32.8 Å². The number of allylic oxidation sites excluding steroid dienone is 1. The molecule has 0 unspecified atom stereocenters. The van der Waals surface area contributed by atoms with E-state index in [-0.39, 0.29) is 16.9 Å². The first-order chi connectivity index (χ1) is 13.4. The number of halogens is 1. The Balaban J connectivity index is 1.88. The molecule has 3 aromatic rings. The molecule has 0 aliphatic carbocycles. The van der Waals surface area contributed by atoms with Crippen LogP contribution in [0.25, 0.3) is 22.6 Å². The first kappa shape index (κ1) is 18.2. The molecule has 0 spiro atoms. The summed E-state index contributed by atoms with van der Waals surface area (Å²) in [5, 5.41) is 19.6. The molecule has 28 heavy (non-hydrogen) atoms. The molecule has 142 valence electrons. The molecule has 2 N–H and O–H groups in total. The lowest BCUT2D eigenvalue weighted by Crippen LogP contribution is -2.21. The Kier molecular flexibility index (Phi) is 4.43. The lowest BCUT2D eigenvalue weighted by molar-refractivity contribution is 0.0697. The lowest BCUT2D eigenvalue weighted by atomic mass is 10.1. The van der Waals surface area contributed by atoms with Gasteiger partial charge in [0.25, 0.3) is 5.56 Å². The SMILES string of the molecule is COc1cc(/C=C2/CCn3c2nc2cc(C(=O)O)ccc2c3=O)cc(Br)c1O. The molecule has 0 amide bonds. The number of phenolic OH excluding ortho intramolecular Hbond substituents is 1. The van der Waals surface area contributed by atoms with Crippen LogP contribution in [0.3, 0.4) is 0 Å². The fourth-order valence-corrected chi connectivity index (χ4v) is 3.78. The Morgan fingerprint density at radius 1 is 1.32 bits per heavy atom. The van der Waals surface area contributed by atoms with E-state index >= 15 is 0 Å². The molecule has 0 radical (unpaired) electrons. The van der Waals surface area contributed by atoms with E-state index in [9.17, 15) is 19.8 Å². The molecule has 2 heterocycles. The molecule has 0 atom stereocenters. The number of fused-ring (bicyclic) bond motifs is 2. The summed E-state index contributed by atoms with van der Waals surface area (Å²) in [6.45, 7) is 0.500. The lowest BCUT2D eigenvalue weighted by Gasteiger charge is -2.08. The molecular weight excluding hydrogens is 428 g/mol. The second-order valence-electron chi connectivity index (χ2n) is 6.40. The van der Waals surface area contributed by atoms with Crippen LogP contribution in [0.4, 0.5) is 0 Å². The van der Waals surface area contributed by atoms with E-state index in [1.807, 2.05) is 6.08 Å². The topological polar surface area (TPSA) is 102 Å². The normalized spacial score (nSPS) is 14.4. The number of ether oxygens (including phenoxy) is 1. The van der Waals surface area contributed by atoms with E-state index < -0.39 is 5.97 Å². The number of aromatic carboxylic acids is 1. The van der Waals surface area contributed by atoms with Crippen molar-refractivity contribution in [3.63, 3.8) is 0 Å². The van der Waals surface area contributed by atoms with Crippen molar-refractivity contribution in [3.05, 3.63) is 62.1 Å². The molecular formula is C20H15BrN2O5. The molecule has 1 aromatic heterocycles. The molecule has 1 aliphatic heterocycles. The Bertz CT molecular complexity index is 1230. The maximum atomic E-state index is 12.8. The average Bonchev–Trinajstić information content (AvgIpc) is 3.07. The van der Waals surface area contributed by atoms with Crippen LogP contribution in [0.2, 0.25) is 0 Å². The third kappa shape index (κ3) is 2.95. The number of carbonyl (C=O) groups is 1. The summed E-state index contributed by atoms with van der Waals surface area (Å²) in [5.74, 6) is -0.212. The molecule has 4 rings (SSSR count). The summed E-state index contributed by atoms with van der Waals surface area (Å²) in [5.41, 5.74) is 1.87. The fraction of sp³-hybridized carbons (Fsp3) is 0.150. The van der Waals surface area contributed by atoms with E-state index in [4.69, 9.17) is 4.74 Å². The van der Waals surface area contributed by atoms with Gasteiger partial charge < -0.3 is 14.9 Å². The summed E-state index contributed by atoms with van der Waals surface area (Å²) in [7, 11) is 1.47. The van der Waals surface area contributed by atoms with E-state index in [2.05, 4.69) is 20.9 Å². The van der Waals surface area contributed by atoms with Gasteiger partial charge in [0.2, 0.25) is 0 Å². The van der Waals surface area contributed by atoms with Crippen molar-refractivity contribution in [2.75, 3.05) is 7.11 Å². The highest BCUT2D eigenvalue weighted by Gasteiger charge is 2.22. The highest BCUT2D eigenvalue weighted by Crippen LogP contribution is 2.37. The van der Waals surface area contributed by atoms with Crippen molar-refractivity contribution in [2.45, 2.75) is 13.0 Å². The monoisotopic (exact) mass is 442 g/mol. The Hall–Kier alpha value is -3.13. The summed E-state index contributed by atoms with van der Waals surface area (Å²) in [6.07, 6.45) is 2.50. The van der Waals surface area contributed by atoms with Crippen LogP contribution in [0.15, 0.2) is 39.6 Å². The number of aromatic nitrogens is 2. The smallest absolute Gasteiger partial charge is 0.335 e. The van der Waals surface area contributed by atoms with Gasteiger partial charge in [-0.25, -0.2) is 9.78 Å². The Morgan fingerprint density at radius 3 is 2.82 bits per heavy atom. The number of carboxylic acids is 1. The zero-order valence-electron chi connectivity index (χ0n) is 14.8. The molecule has 0 fully saturated rings.